The number of amidine groups is 1. The fourth-order valence-electron chi connectivity index (χ4n) is 4.23. The molecule has 3 aromatic rings. The zero-order valence-electron chi connectivity index (χ0n) is 23.4. The SMILES string of the molecule is CC(=Nc1cccc(-c2cc(F)c(CN3CCN(C)C(=O)C3)c(F)c2)c1O)Nc1ccc(C=O)c(C)c1.CNC.[HH]. The van der Waals surface area contributed by atoms with Crippen molar-refractivity contribution in [1.29, 1.82) is 0 Å². The van der Waals surface area contributed by atoms with E-state index >= 15 is 0 Å². The molecule has 0 bridgehead atoms. The molecule has 0 unspecified atom stereocenters. The average molecular weight is 554 g/mol. The van der Waals surface area contributed by atoms with Crippen molar-refractivity contribution < 1.29 is 24.9 Å². The Morgan fingerprint density at radius 1 is 1.12 bits per heavy atom. The molecule has 0 atom stereocenters. The van der Waals surface area contributed by atoms with Gasteiger partial charge in [0, 0.05) is 50.5 Å². The van der Waals surface area contributed by atoms with Crippen LogP contribution in [-0.4, -0.2) is 73.7 Å². The van der Waals surface area contributed by atoms with Gasteiger partial charge in [-0.15, -0.1) is 0 Å². The fourth-order valence-corrected chi connectivity index (χ4v) is 4.23. The predicted molar refractivity (Wildman–Crippen MR) is 156 cm³/mol. The van der Waals surface area contributed by atoms with Gasteiger partial charge in [0.2, 0.25) is 5.91 Å². The number of anilines is 1. The van der Waals surface area contributed by atoms with E-state index in [1.807, 2.05) is 27.1 Å². The number of halogens is 2. The van der Waals surface area contributed by atoms with E-state index in [-0.39, 0.29) is 48.6 Å². The Labute approximate surface area is 234 Å². The molecule has 1 saturated heterocycles. The molecule has 0 saturated carbocycles. The molecular weight excluding hydrogens is 516 g/mol. The zero-order chi connectivity index (χ0) is 29.4. The minimum absolute atomic E-state index is 0. The monoisotopic (exact) mass is 553 g/mol. The van der Waals surface area contributed by atoms with Gasteiger partial charge in [0.05, 0.1) is 6.54 Å². The number of hydrogen-bond donors (Lipinski definition) is 3. The summed E-state index contributed by atoms with van der Waals surface area (Å²) < 4.78 is 30.0. The summed E-state index contributed by atoms with van der Waals surface area (Å²) in [6.07, 6.45) is 0.787. The predicted octanol–water partition coefficient (Wildman–Crippen LogP) is 4.98. The maximum absolute atomic E-state index is 15.0. The van der Waals surface area contributed by atoms with Gasteiger partial charge in [0.15, 0.2) is 0 Å². The Bertz CT molecular complexity index is 1390. The van der Waals surface area contributed by atoms with E-state index in [9.17, 15) is 23.5 Å². The number of benzene rings is 3. The first-order valence-corrected chi connectivity index (χ1v) is 12.8. The molecule has 1 amide bonds. The Morgan fingerprint density at radius 3 is 2.40 bits per heavy atom. The lowest BCUT2D eigenvalue weighted by atomic mass is 10.0. The van der Waals surface area contributed by atoms with Crippen molar-refractivity contribution in [3.8, 4) is 16.9 Å². The number of likely N-dealkylation sites (N-methyl/N-ethyl adjacent to an activating group) is 1. The number of amides is 1. The Hall–Kier alpha value is -4.15. The van der Waals surface area contributed by atoms with Crippen LogP contribution < -0.4 is 10.6 Å². The van der Waals surface area contributed by atoms with Crippen LogP contribution >= 0.6 is 0 Å². The summed E-state index contributed by atoms with van der Waals surface area (Å²) in [6, 6.07) is 12.4. The van der Waals surface area contributed by atoms with E-state index in [0.717, 1.165) is 17.5 Å². The average Bonchev–Trinajstić information content (AvgIpc) is 2.90. The summed E-state index contributed by atoms with van der Waals surface area (Å²) in [7, 11) is 5.45. The Morgan fingerprint density at radius 2 is 1.80 bits per heavy atom. The molecular formula is C30H37F2N5O3. The van der Waals surface area contributed by atoms with Gasteiger partial charge in [-0.3, -0.25) is 14.5 Å². The molecule has 0 aliphatic carbocycles. The number of hydrogen-bond acceptors (Lipinski definition) is 6. The number of aromatic hydroxyl groups is 1. The lowest BCUT2D eigenvalue weighted by Gasteiger charge is -2.32. The molecule has 214 valence electrons. The summed E-state index contributed by atoms with van der Waals surface area (Å²) in [6.45, 7) is 4.65. The third kappa shape index (κ3) is 7.49. The number of carbonyl (C=O) groups excluding carboxylic acids is 2. The van der Waals surface area contributed by atoms with Crippen LogP contribution in [0.4, 0.5) is 20.2 Å². The number of phenolic OH excluding ortho intramolecular Hbond substituents is 1. The maximum Gasteiger partial charge on any atom is 0.236 e. The molecule has 40 heavy (non-hydrogen) atoms. The lowest BCUT2D eigenvalue weighted by Crippen LogP contribution is -2.48. The number of piperazine rings is 1. The molecule has 0 spiro atoms. The second-order valence-corrected chi connectivity index (χ2v) is 9.63. The molecule has 4 rings (SSSR count). The number of aryl methyl sites for hydroxylation is 1. The van der Waals surface area contributed by atoms with Gasteiger partial charge >= 0.3 is 0 Å². The summed E-state index contributed by atoms with van der Waals surface area (Å²) in [4.78, 5) is 30.7. The van der Waals surface area contributed by atoms with Gasteiger partial charge < -0.3 is 20.6 Å². The number of aliphatic imine (C=N–C) groups is 1. The van der Waals surface area contributed by atoms with E-state index in [4.69, 9.17) is 0 Å². The van der Waals surface area contributed by atoms with E-state index in [2.05, 4.69) is 15.6 Å². The molecule has 10 heteroatoms. The first-order valence-electron chi connectivity index (χ1n) is 12.8. The Balaban J connectivity index is 0.00000141. The van der Waals surface area contributed by atoms with E-state index in [1.54, 1.807) is 54.1 Å². The standard InChI is InChI=1S/C28H28F2N4O3.C2H7N.H2/c1-17-11-21(8-7-19(17)16-35)31-18(2)32-26-6-4-5-22(28(26)37)20-12-24(29)23(25(30)13-20)14-34-10-9-33(3)27(36)15-34;1-3-2;/h4-8,11-13,16,37H,9-10,14-15H2,1-3H3,(H,31,32);3H,1-2H3;1H. The van der Waals surface area contributed by atoms with E-state index < -0.39 is 11.6 Å². The molecule has 3 N–H and O–H groups in total. The van der Waals surface area contributed by atoms with Gasteiger partial charge in [-0.1, -0.05) is 12.1 Å². The van der Waals surface area contributed by atoms with Crippen molar-refractivity contribution in [2.24, 2.45) is 4.99 Å². The van der Waals surface area contributed by atoms with Gasteiger partial charge in [-0.05, 0) is 75.5 Å². The number of aldehydes is 1. The van der Waals surface area contributed by atoms with E-state index in [1.165, 1.54) is 12.1 Å². The number of carbonyl (C=O) groups is 2. The zero-order valence-corrected chi connectivity index (χ0v) is 23.4. The second-order valence-electron chi connectivity index (χ2n) is 9.63. The Kier molecular flexibility index (Phi) is 10.5. The minimum atomic E-state index is -0.748. The number of rotatable bonds is 6. The van der Waals surface area contributed by atoms with Crippen LogP contribution in [0.25, 0.3) is 11.1 Å². The molecule has 3 aromatic carbocycles. The van der Waals surface area contributed by atoms with Crippen LogP contribution in [0.5, 0.6) is 5.75 Å². The molecule has 1 heterocycles. The summed E-state index contributed by atoms with van der Waals surface area (Å²) >= 11 is 0. The summed E-state index contributed by atoms with van der Waals surface area (Å²) in [5, 5.41) is 16.7. The number of nitrogens with zero attached hydrogens (tertiary/aromatic N) is 3. The van der Waals surface area contributed by atoms with Crippen LogP contribution in [0.15, 0.2) is 53.5 Å². The summed E-state index contributed by atoms with van der Waals surface area (Å²) in [5.41, 5.74) is 2.64. The number of phenols is 1. The maximum atomic E-state index is 15.0. The van der Waals surface area contributed by atoms with Gasteiger partial charge in [-0.2, -0.15) is 0 Å². The molecule has 0 radical (unpaired) electrons. The van der Waals surface area contributed by atoms with Crippen molar-refractivity contribution in [3.63, 3.8) is 0 Å². The molecule has 1 aliphatic rings. The van der Waals surface area contributed by atoms with Gasteiger partial charge in [0.1, 0.15) is 35.2 Å². The van der Waals surface area contributed by atoms with Crippen molar-refractivity contribution in [2.45, 2.75) is 20.4 Å². The molecule has 0 aromatic heterocycles. The van der Waals surface area contributed by atoms with Crippen LogP contribution in [0, 0.1) is 18.6 Å². The topological polar surface area (TPSA) is 97.3 Å². The third-order valence-corrected chi connectivity index (χ3v) is 6.39. The minimum Gasteiger partial charge on any atom is -0.505 e. The number of para-hydroxylation sites is 1. The largest absolute Gasteiger partial charge is 0.505 e. The van der Waals surface area contributed by atoms with Gasteiger partial charge in [0.25, 0.3) is 0 Å². The molecule has 1 aliphatic heterocycles. The van der Waals surface area contributed by atoms with Crippen molar-refractivity contribution in [3.05, 3.63) is 76.9 Å². The summed E-state index contributed by atoms with van der Waals surface area (Å²) in [5.74, 6) is -1.33. The van der Waals surface area contributed by atoms with Crippen LogP contribution in [-0.2, 0) is 11.3 Å². The van der Waals surface area contributed by atoms with Crippen molar-refractivity contribution >= 4 is 29.4 Å². The highest BCUT2D eigenvalue weighted by Gasteiger charge is 2.24. The normalized spacial score (nSPS) is 14.0. The smallest absolute Gasteiger partial charge is 0.236 e. The highest BCUT2D eigenvalue weighted by molar-refractivity contribution is 5.96. The van der Waals surface area contributed by atoms with Crippen LogP contribution in [0.1, 0.15) is 29.8 Å². The number of nitrogens with one attached hydrogen (secondary N) is 2. The van der Waals surface area contributed by atoms with Crippen molar-refractivity contribution in [1.82, 2.24) is 15.1 Å². The second kappa shape index (κ2) is 13.8. The quantitative estimate of drug-likeness (QED) is 0.227. The van der Waals surface area contributed by atoms with Crippen LogP contribution in [0.2, 0.25) is 0 Å². The highest BCUT2D eigenvalue weighted by Crippen LogP contribution is 2.38. The first kappa shape index (κ1) is 30.4. The van der Waals surface area contributed by atoms with Crippen LogP contribution in [0.3, 0.4) is 0 Å². The fraction of sp³-hybridized carbons (Fsp3) is 0.300. The molecule has 1 fully saturated rings. The third-order valence-electron chi connectivity index (χ3n) is 6.39. The van der Waals surface area contributed by atoms with Gasteiger partial charge in [-0.25, -0.2) is 13.8 Å². The highest BCUT2D eigenvalue weighted by atomic mass is 19.1. The first-order chi connectivity index (χ1) is 19.1. The van der Waals surface area contributed by atoms with Crippen molar-refractivity contribution in [2.75, 3.05) is 46.1 Å². The molecule has 8 nitrogen and oxygen atoms in total. The van der Waals surface area contributed by atoms with E-state index in [0.29, 0.717) is 24.5 Å². The lowest BCUT2D eigenvalue weighted by molar-refractivity contribution is -0.134.